The van der Waals surface area contributed by atoms with E-state index in [0.29, 0.717) is 38.7 Å². The fourth-order valence-electron chi connectivity index (χ4n) is 3.53. The van der Waals surface area contributed by atoms with Crippen molar-refractivity contribution in [1.29, 1.82) is 0 Å². The van der Waals surface area contributed by atoms with Crippen LogP contribution in [0.25, 0.3) is 10.9 Å². The van der Waals surface area contributed by atoms with E-state index in [1.807, 2.05) is 13.8 Å². The number of hydrogen-bond donors (Lipinski definition) is 2. The Hall–Kier alpha value is -3.92. The summed E-state index contributed by atoms with van der Waals surface area (Å²) >= 11 is 6.24. The lowest BCUT2D eigenvalue weighted by Gasteiger charge is -2.20. The molecule has 0 fully saturated rings. The van der Waals surface area contributed by atoms with Crippen molar-refractivity contribution >= 4 is 51.9 Å². The van der Waals surface area contributed by atoms with Gasteiger partial charge in [-0.1, -0.05) is 31.5 Å². The number of fused-ring (bicyclic) bond motifs is 1. The van der Waals surface area contributed by atoms with Crippen LogP contribution >= 0.6 is 11.6 Å². The molecule has 3 rings (SSSR count). The van der Waals surface area contributed by atoms with Crippen LogP contribution in [0.1, 0.15) is 26.3 Å². The zero-order chi connectivity index (χ0) is 26.4. The maximum Gasteiger partial charge on any atom is 0.328 e. The number of aromatic nitrogens is 2. The number of ether oxygens (including phenoxy) is 3. The standard InChI is InChI=1S/C25H27ClN4O6/c1-13(2)23(25(33)35-5)30-22(32)8-15-6-7-16(26)9-18(15)29-24-17-10-21(36-14(3)31)20(34-4)11-19(17)27-12-28-24/h6-7,9-13,23H,8H2,1-5H3,(H,30,32)(H,27,28,29). The van der Waals surface area contributed by atoms with Gasteiger partial charge in [-0.15, -0.1) is 0 Å². The van der Waals surface area contributed by atoms with Gasteiger partial charge in [-0.2, -0.15) is 0 Å². The molecule has 1 unspecified atom stereocenters. The predicted octanol–water partition coefficient (Wildman–Crippen LogP) is 3.82. The first kappa shape index (κ1) is 26.7. The number of anilines is 2. The number of carbonyl (C=O) groups is 3. The molecule has 1 heterocycles. The summed E-state index contributed by atoms with van der Waals surface area (Å²) in [6.45, 7) is 4.92. The molecule has 11 heteroatoms. The molecule has 0 aliphatic rings. The van der Waals surface area contributed by atoms with E-state index in [4.69, 9.17) is 25.8 Å². The molecule has 1 aromatic heterocycles. The third-order valence-corrected chi connectivity index (χ3v) is 5.52. The second kappa shape index (κ2) is 11.7. The predicted molar refractivity (Wildman–Crippen MR) is 135 cm³/mol. The molecule has 0 spiro atoms. The van der Waals surface area contributed by atoms with Gasteiger partial charge in [0.1, 0.15) is 18.2 Å². The minimum absolute atomic E-state index is 0.0325. The highest BCUT2D eigenvalue weighted by Gasteiger charge is 2.25. The van der Waals surface area contributed by atoms with Gasteiger partial charge in [-0.05, 0) is 29.7 Å². The first-order valence-corrected chi connectivity index (χ1v) is 11.4. The Morgan fingerprint density at radius 3 is 2.44 bits per heavy atom. The summed E-state index contributed by atoms with van der Waals surface area (Å²) in [7, 11) is 2.74. The Bertz CT molecular complexity index is 1300. The molecule has 1 amide bonds. The van der Waals surface area contributed by atoms with Crippen LogP contribution in [0, 0.1) is 5.92 Å². The van der Waals surface area contributed by atoms with E-state index >= 15 is 0 Å². The number of benzene rings is 2. The fraction of sp³-hybridized carbons (Fsp3) is 0.320. The maximum atomic E-state index is 12.8. The highest BCUT2D eigenvalue weighted by Crippen LogP contribution is 2.35. The second-order valence-electron chi connectivity index (χ2n) is 8.25. The molecule has 10 nitrogen and oxygen atoms in total. The van der Waals surface area contributed by atoms with Gasteiger partial charge in [0.05, 0.1) is 26.2 Å². The Kier molecular flexibility index (Phi) is 8.65. The lowest BCUT2D eigenvalue weighted by atomic mass is 10.0. The minimum Gasteiger partial charge on any atom is -0.493 e. The van der Waals surface area contributed by atoms with Gasteiger partial charge >= 0.3 is 11.9 Å². The first-order valence-electron chi connectivity index (χ1n) is 11.1. The third-order valence-electron chi connectivity index (χ3n) is 5.29. The molecule has 190 valence electrons. The van der Waals surface area contributed by atoms with Crippen LogP contribution in [0.4, 0.5) is 11.5 Å². The number of hydrogen-bond acceptors (Lipinski definition) is 9. The normalized spacial score (nSPS) is 11.6. The smallest absolute Gasteiger partial charge is 0.328 e. The summed E-state index contributed by atoms with van der Waals surface area (Å²) in [5.41, 5.74) is 1.69. The van der Waals surface area contributed by atoms with E-state index < -0.39 is 18.0 Å². The van der Waals surface area contributed by atoms with Crippen molar-refractivity contribution < 1.29 is 28.6 Å². The molecular weight excluding hydrogens is 488 g/mol. The second-order valence-corrected chi connectivity index (χ2v) is 8.69. The maximum absolute atomic E-state index is 12.8. The van der Waals surface area contributed by atoms with Crippen LogP contribution < -0.4 is 20.1 Å². The molecule has 0 bridgehead atoms. The zero-order valence-electron chi connectivity index (χ0n) is 20.5. The van der Waals surface area contributed by atoms with Crippen molar-refractivity contribution in [3.63, 3.8) is 0 Å². The van der Waals surface area contributed by atoms with Gasteiger partial charge in [0, 0.05) is 29.1 Å². The number of methoxy groups -OCH3 is 2. The van der Waals surface area contributed by atoms with Crippen molar-refractivity contribution in [2.45, 2.75) is 33.2 Å². The van der Waals surface area contributed by atoms with E-state index in [1.54, 1.807) is 30.3 Å². The summed E-state index contributed by atoms with van der Waals surface area (Å²) in [5.74, 6) is -0.585. The molecule has 0 radical (unpaired) electrons. The van der Waals surface area contributed by atoms with E-state index in [9.17, 15) is 14.4 Å². The minimum atomic E-state index is -0.772. The number of nitrogens with zero attached hydrogens (tertiary/aromatic N) is 2. The van der Waals surface area contributed by atoms with Crippen molar-refractivity contribution in [3.05, 3.63) is 47.2 Å². The number of nitrogens with one attached hydrogen (secondary N) is 2. The average Bonchev–Trinajstić information content (AvgIpc) is 2.83. The van der Waals surface area contributed by atoms with Crippen LogP contribution in [-0.4, -0.2) is 48.1 Å². The topological polar surface area (TPSA) is 129 Å². The number of halogens is 1. The number of esters is 2. The number of rotatable bonds is 9. The quantitative estimate of drug-likeness (QED) is 0.323. The van der Waals surface area contributed by atoms with Gasteiger partial charge in [-0.3, -0.25) is 9.59 Å². The highest BCUT2D eigenvalue weighted by atomic mass is 35.5. The Morgan fingerprint density at radius 1 is 1.06 bits per heavy atom. The summed E-state index contributed by atoms with van der Waals surface area (Å²) in [6.07, 6.45) is 1.34. The van der Waals surface area contributed by atoms with Crippen LogP contribution in [-0.2, 0) is 25.5 Å². The SMILES string of the molecule is COC(=O)C(NC(=O)Cc1ccc(Cl)cc1Nc1ncnc2cc(OC)c(OC(C)=O)cc12)C(C)C. The van der Waals surface area contributed by atoms with Crippen LogP contribution in [0.5, 0.6) is 11.5 Å². The summed E-state index contributed by atoms with van der Waals surface area (Å²) < 4.78 is 15.4. The van der Waals surface area contributed by atoms with Gasteiger partial charge < -0.3 is 24.8 Å². The molecule has 1 atom stereocenters. The van der Waals surface area contributed by atoms with Crippen LogP contribution in [0.15, 0.2) is 36.7 Å². The molecule has 3 aromatic rings. The van der Waals surface area contributed by atoms with E-state index in [1.165, 1.54) is 27.5 Å². The molecule has 36 heavy (non-hydrogen) atoms. The lowest BCUT2D eigenvalue weighted by molar-refractivity contribution is -0.146. The van der Waals surface area contributed by atoms with E-state index in [-0.39, 0.29) is 24.0 Å². The van der Waals surface area contributed by atoms with Crippen molar-refractivity contribution in [2.75, 3.05) is 19.5 Å². The van der Waals surface area contributed by atoms with Crippen molar-refractivity contribution in [2.24, 2.45) is 5.92 Å². The Labute approximate surface area is 213 Å². The fourth-order valence-corrected chi connectivity index (χ4v) is 3.70. The summed E-state index contributed by atoms with van der Waals surface area (Å²) in [4.78, 5) is 45.0. The van der Waals surface area contributed by atoms with Gasteiger partial charge in [0.25, 0.3) is 0 Å². The first-order chi connectivity index (χ1) is 17.1. The van der Waals surface area contributed by atoms with E-state index in [2.05, 4.69) is 20.6 Å². The molecule has 2 N–H and O–H groups in total. The van der Waals surface area contributed by atoms with Crippen LogP contribution in [0.3, 0.4) is 0 Å². The molecule has 2 aromatic carbocycles. The Morgan fingerprint density at radius 2 is 1.81 bits per heavy atom. The van der Waals surface area contributed by atoms with Crippen LogP contribution in [0.2, 0.25) is 5.02 Å². The monoisotopic (exact) mass is 514 g/mol. The molecule has 0 saturated heterocycles. The third kappa shape index (κ3) is 6.39. The summed E-state index contributed by atoms with van der Waals surface area (Å²) in [6, 6.07) is 7.49. The molecule has 0 aliphatic carbocycles. The molecule has 0 saturated carbocycles. The van der Waals surface area contributed by atoms with Gasteiger partial charge in [-0.25, -0.2) is 14.8 Å². The largest absolute Gasteiger partial charge is 0.493 e. The Balaban J connectivity index is 1.95. The number of amides is 1. The summed E-state index contributed by atoms with van der Waals surface area (Å²) in [5, 5.41) is 6.92. The van der Waals surface area contributed by atoms with Gasteiger partial charge in [0.15, 0.2) is 11.5 Å². The molecular formula is C25H27ClN4O6. The van der Waals surface area contributed by atoms with E-state index in [0.717, 1.165) is 0 Å². The number of carbonyl (C=O) groups excluding carboxylic acids is 3. The van der Waals surface area contributed by atoms with Crippen molar-refractivity contribution in [3.8, 4) is 11.5 Å². The average molecular weight is 515 g/mol. The van der Waals surface area contributed by atoms with Gasteiger partial charge in [0.2, 0.25) is 5.91 Å². The zero-order valence-corrected chi connectivity index (χ0v) is 21.3. The lowest BCUT2D eigenvalue weighted by Crippen LogP contribution is -2.45. The van der Waals surface area contributed by atoms with Crippen molar-refractivity contribution in [1.82, 2.24) is 15.3 Å². The highest BCUT2D eigenvalue weighted by molar-refractivity contribution is 6.31. The molecule has 0 aliphatic heterocycles.